The summed E-state index contributed by atoms with van der Waals surface area (Å²) in [5, 5.41) is 15.9. The van der Waals surface area contributed by atoms with E-state index >= 15 is 0 Å². The highest BCUT2D eigenvalue weighted by Gasteiger charge is 2.23. The monoisotopic (exact) mass is 368 g/mol. The van der Waals surface area contributed by atoms with E-state index in [1.165, 1.54) is 0 Å². The van der Waals surface area contributed by atoms with E-state index in [9.17, 15) is 4.79 Å². The Morgan fingerprint density at radius 3 is 2.63 bits per heavy atom. The van der Waals surface area contributed by atoms with Gasteiger partial charge in [-0.15, -0.1) is 10.2 Å². The molecule has 3 aromatic heterocycles. The minimum Gasteiger partial charge on any atom is -0.342 e. The number of amides is 1. The summed E-state index contributed by atoms with van der Waals surface area (Å²) in [5.41, 5.74) is 2.37. The third-order valence-corrected chi connectivity index (χ3v) is 4.67. The predicted molar refractivity (Wildman–Crippen MR) is 105 cm³/mol. The molecule has 1 amide bonds. The van der Waals surface area contributed by atoms with Gasteiger partial charge in [-0.05, 0) is 37.3 Å². The number of carbonyl (C=O) groups is 1. The maximum Gasteiger partial charge on any atom is 0.255 e. The Balaban J connectivity index is 1.81. The normalized spacial score (nSPS) is 12.9. The number of hydrogen-bond donors (Lipinski definition) is 1. The van der Waals surface area contributed by atoms with Gasteiger partial charge in [-0.3, -0.25) is 13.9 Å². The molecule has 7 heteroatoms. The van der Waals surface area contributed by atoms with Crippen LogP contribution in [0.1, 0.15) is 74.9 Å². The van der Waals surface area contributed by atoms with Crippen LogP contribution in [0.15, 0.2) is 30.6 Å². The molecule has 144 valence electrons. The highest BCUT2D eigenvalue weighted by molar-refractivity contribution is 5.95. The van der Waals surface area contributed by atoms with Gasteiger partial charge in [0, 0.05) is 12.7 Å². The zero-order valence-corrected chi connectivity index (χ0v) is 16.7. The largest absolute Gasteiger partial charge is 0.342 e. The molecule has 3 heterocycles. The van der Waals surface area contributed by atoms with E-state index in [-0.39, 0.29) is 17.9 Å². The molecule has 3 rings (SSSR count). The second-order valence-corrected chi connectivity index (χ2v) is 7.69. The van der Waals surface area contributed by atoms with Gasteiger partial charge in [-0.25, -0.2) is 0 Å². The molecule has 1 N–H and O–H groups in total. The van der Waals surface area contributed by atoms with Gasteiger partial charge < -0.3 is 5.32 Å². The number of aromatic nitrogens is 5. The van der Waals surface area contributed by atoms with E-state index < -0.39 is 0 Å². The summed E-state index contributed by atoms with van der Waals surface area (Å²) in [7, 11) is 0. The first kappa shape index (κ1) is 19.1. The van der Waals surface area contributed by atoms with E-state index in [2.05, 4.69) is 48.3 Å². The van der Waals surface area contributed by atoms with E-state index in [4.69, 9.17) is 0 Å². The Hall–Kier alpha value is -2.70. The second-order valence-electron chi connectivity index (χ2n) is 7.69. The van der Waals surface area contributed by atoms with Crippen LogP contribution in [0.5, 0.6) is 0 Å². The lowest BCUT2D eigenvalue weighted by molar-refractivity contribution is 0.0936. The van der Waals surface area contributed by atoms with Gasteiger partial charge in [0.05, 0.1) is 23.5 Å². The van der Waals surface area contributed by atoms with Crippen molar-refractivity contribution in [2.24, 2.45) is 5.92 Å². The smallest absolute Gasteiger partial charge is 0.255 e. The number of pyridine rings is 1. The third kappa shape index (κ3) is 4.02. The zero-order chi connectivity index (χ0) is 19.6. The first-order valence-corrected chi connectivity index (χ1v) is 9.54. The van der Waals surface area contributed by atoms with Crippen LogP contribution in [-0.2, 0) is 6.54 Å². The Labute approximate surface area is 159 Å². The lowest BCUT2D eigenvalue weighted by Crippen LogP contribution is -2.29. The minimum atomic E-state index is -0.270. The maximum atomic E-state index is 12.9. The van der Waals surface area contributed by atoms with Gasteiger partial charge in [0.15, 0.2) is 11.5 Å². The topological polar surface area (TPSA) is 77.1 Å². The molecule has 0 fully saturated rings. The minimum absolute atomic E-state index is 0.130. The van der Waals surface area contributed by atoms with E-state index in [0.29, 0.717) is 17.3 Å². The molecule has 7 nitrogen and oxygen atoms in total. The van der Waals surface area contributed by atoms with Crippen LogP contribution in [0.2, 0.25) is 0 Å². The molecule has 0 saturated carbocycles. The van der Waals surface area contributed by atoms with Crippen LogP contribution < -0.4 is 5.32 Å². The summed E-state index contributed by atoms with van der Waals surface area (Å²) in [6.45, 7) is 11.3. The van der Waals surface area contributed by atoms with Gasteiger partial charge >= 0.3 is 0 Å². The number of nitrogens with one attached hydrogen (secondary N) is 1. The van der Waals surface area contributed by atoms with Crippen molar-refractivity contribution in [3.8, 4) is 0 Å². The van der Waals surface area contributed by atoms with Crippen LogP contribution in [0, 0.1) is 5.92 Å². The van der Waals surface area contributed by atoms with Crippen molar-refractivity contribution in [1.82, 2.24) is 29.7 Å². The summed E-state index contributed by atoms with van der Waals surface area (Å²) in [6, 6.07) is 5.45. The molecular weight excluding hydrogens is 340 g/mol. The molecule has 0 aliphatic heterocycles. The van der Waals surface area contributed by atoms with Crippen LogP contribution in [0.4, 0.5) is 0 Å². The van der Waals surface area contributed by atoms with Crippen LogP contribution in [0.3, 0.4) is 0 Å². The molecule has 1 atom stereocenters. The average Bonchev–Trinajstić information content (AvgIpc) is 3.24. The number of hydrogen-bond acceptors (Lipinski definition) is 4. The van der Waals surface area contributed by atoms with Gasteiger partial charge in [0.1, 0.15) is 0 Å². The number of rotatable bonds is 7. The van der Waals surface area contributed by atoms with Crippen molar-refractivity contribution in [3.05, 3.63) is 47.7 Å². The van der Waals surface area contributed by atoms with Crippen molar-refractivity contribution < 1.29 is 4.79 Å². The number of nitrogens with zero attached hydrogens (tertiary/aromatic N) is 5. The molecule has 0 spiro atoms. The molecule has 0 aliphatic rings. The standard InChI is InChI=1S/C20H28N6O/c1-13(2)9-11-26-18(14(3)4)16(12-21-26)20(27)22-15(5)19-24-23-17-8-6-7-10-25(17)19/h6-8,10,12-15H,9,11H2,1-5H3,(H,22,27)/t15-/m1/s1. The Bertz CT molecular complexity index is 924. The van der Waals surface area contributed by atoms with Crippen LogP contribution in [-0.4, -0.2) is 30.3 Å². The van der Waals surface area contributed by atoms with E-state index in [0.717, 1.165) is 24.3 Å². The van der Waals surface area contributed by atoms with Crippen molar-refractivity contribution in [3.63, 3.8) is 0 Å². The summed E-state index contributed by atoms with van der Waals surface area (Å²) in [6.07, 6.45) is 4.61. The predicted octanol–water partition coefficient (Wildman–Crippen LogP) is 3.59. The maximum absolute atomic E-state index is 12.9. The fourth-order valence-electron chi connectivity index (χ4n) is 3.23. The first-order chi connectivity index (χ1) is 12.9. The van der Waals surface area contributed by atoms with Gasteiger partial charge in [-0.2, -0.15) is 5.10 Å². The summed E-state index contributed by atoms with van der Waals surface area (Å²) in [5.74, 6) is 1.38. The summed E-state index contributed by atoms with van der Waals surface area (Å²) >= 11 is 0. The van der Waals surface area contributed by atoms with Crippen molar-refractivity contribution in [2.75, 3.05) is 0 Å². The molecule has 0 radical (unpaired) electrons. The Morgan fingerprint density at radius 1 is 1.15 bits per heavy atom. The molecule has 27 heavy (non-hydrogen) atoms. The highest BCUT2D eigenvalue weighted by atomic mass is 16.1. The highest BCUT2D eigenvalue weighted by Crippen LogP contribution is 2.22. The third-order valence-electron chi connectivity index (χ3n) is 4.67. The molecule has 0 saturated heterocycles. The second kappa shape index (κ2) is 7.90. The lowest BCUT2D eigenvalue weighted by atomic mass is 10.0. The van der Waals surface area contributed by atoms with Crippen molar-refractivity contribution in [2.45, 2.75) is 59.5 Å². The fourth-order valence-corrected chi connectivity index (χ4v) is 3.23. The van der Waals surface area contributed by atoms with Crippen molar-refractivity contribution in [1.29, 1.82) is 0 Å². The number of fused-ring (bicyclic) bond motifs is 1. The molecule has 0 aliphatic carbocycles. The Kier molecular flexibility index (Phi) is 5.58. The number of aryl methyl sites for hydroxylation is 1. The summed E-state index contributed by atoms with van der Waals surface area (Å²) in [4.78, 5) is 12.9. The van der Waals surface area contributed by atoms with Crippen LogP contribution in [0.25, 0.3) is 5.65 Å². The molecule has 0 unspecified atom stereocenters. The molecule has 0 aromatic carbocycles. The fraction of sp³-hybridized carbons (Fsp3) is 0.500. The zero-order valence-electron chi connectivity index (χ0n) is 16.7. The first-order valence-electron chi connectivity index (χ1n) is 9.54. The van der Waals surface area contributed by atoms with Crippen molar-refractivity contribution >= 4 is 11.6 Å². The number of carbonyl (C=O) groups excluding carboxylic acids is 1. The lowest BCUT2D eigenvalue weighted by Gasteiger charge is -2.16. The van der Waals surface area contributed by atoms with Crippen LogP contribution >= 0.6 is 0 Å². The SMILES string of the molecule is CC(C)CCn1ncc(C(=O)N[C@H](C)c2nnc3ccccn23)c1C(C)C. The van der Waals surface area contributed by atoms with Gasteiger partial charge in [0.2, 0.25) is 0 Å². The quantitative estimate of drug-likeness (QED) is 0.691. The van der Waals surface area contributed by atoms with E-state index in [1.807, 2.05) is 40.4 Å². The Morgan fingerprint density at radius 2 is 1.93 bits per heavy atom. The van der Waals surface area contributed by atoms with Gasteiger partial charge in [-0.1, -0.05) is 33.8 Å². The summed E-state index contributed by atoms with van der Waals surface area (Å²) < 4.78 is 3.86. The van der Waals surface area contributed by atoms with Gasteiger partial charge in [0.25, 0.3) is 5.91 Å². The molecule has 0 bridgehead atoms. The molecular formula is C20H28N6O. The average molecular weight is 368 g/mol. The van der Waals surface area contributed by atoms with E-state index in [1.54, 1.807) is 6.20 Å². The molecule has 3 aromatic rings.